The minimum absolute atomic E-state index is 0. The van der Waals surface area contributed by atoms with Gasteiger partial charge in [-0.1, -0.05) is 0 Å². The van der Waals surface area contributed by atoms with Crippen molar-refractivity contribution in [3.8, 4) is 0 Å². The second-order valence-electron chi connectivity index (χ2n) is 4.69. The molecule has 1 aromatic carbocycles. The van der Waals surface area contributed by atoms with E-state index in [2.05, 4.69) is 26.0 Å². The quantitative estimate of drug-likeness (QED) is 0.837. The highest BCUT2D eigenvalue weighted by Crippen LogP contribution is 2.21. The predicted molar refractivity (Wildman–Crippen MR) is 82.2 cm³/mol. The Morgan fingerprint density at radius 2 is 2.15 bits per heavy atom. The molecule has 0 aliphatic carbocycles. The molecule has 2 atom stereocenters. The molecule has 1 aliphatic rings. The first-order valence-electron chi connectivity index (χ1n) is 6.11. The van der Waals surface area contributed by atoms with E-state index in [4.69, 9.17) is 0 Å². The van der Waals surface area contributed by atoms with Crippen LogP contribution in [0.3, 0.4) is 0 Å². The van der Waals surface area contributed by atoms with Gasteiger partial charge in [-0.2, -0.15) is 0 Å². The smallest absolute Gasteiger partial charge is 0.240 e. The lowest BCUT2D eigenvalue weighted by Crippen LogP contribution is -2.51. The van der Waals surface area contributed by atoms with Crippen LogP contribution >= 0.6 is 28.3 Å². The van der Waals surface area contributed by atoms with Crippen molar-refractivity contribution in [2.45, 2.75) is 36.7 Å². The van der Waals surface area contributed by atoms with Gasteiger partial charge in [-0.05, 0) is 60.4 Å². The van der Waals surface area contributed by atoms with E-state index in [-0.39, 0.29) is 33.9 Å². The largest absolute Gasteiger partial charge is 0.313 e. The van der Waals surface area contributed by atoms with Crippen LogP contribution in [0.25, 0.3) is 0 Å². The number of piperidine rings is 1. The van der Waals surface area contributed by atoms with Gasteiger partial charge >= 0.3 is 0 Å². The predicted octanol–water partition coefficient (Wildman–Crippen LogP) is 2.43. The standard InChI is InChI=1S/C12H16BrFN2O2S.ClH/c1-8-12(3-2-6-15-8)16-19(17,18)9-4-5-11(14)10(13)7-9;/h4-5,7-8,12,15-16H,2-3,6H2,1H3;1H. The summed E-state index contributed by atoms with van der Waals surface area (Å²) in [7, 11) is -3.62. The molecule has 2 unspecified atom stereocenters. The molecule has 0 saturated carbocycles. The molecule has 2 N–H and O–H groups in total. The monoisotopic (exact) mass is 386 g/mol. The number of rotatable bonds is 3. The summed E-state index contributed by atoms with van der Waals surface area (Å²) in [6, 6.07) is 3.64. The number of nitrogens with one attached hydrogen (secondary N) is 2. The molecule has 114 valence electrons. The van der Waals surface area contributed by atoms with Crippen LogP contribution < -0.4 is 10.0 Å². The molecule has 1 heterocycles. The van der Waals surface area contributed by atoms with E-state index in [1.165, 1.54) is 12.1 Å². The van der Waals surface area contributed by atoms with Gasteiger partial charge in [0.15, 0.2) is 0 Å². The van der Waals surface area contributed by atoms with Gasteiger partial charge in [0, 0.05) is 12.1 Å². The van der Waals surface area contributed by atoms with Crippen molar-refractivity contribution >= 4 is 38.4 Å². The minimum atomic E-state index is -3.62. The van der Waals surface area contributed by atoms with Gasteiger partial charge in [-0.15, -0.1) is 12.4 Å². The summed E-state index contributed by atoms with van der Waals surface area (Å²) in [6.07, 6.45) is 1.74. The molecule has 0 radical (unpaired) electrons. The van der Waals surface area contributed by atoms with E-state index >= 15 is 0 Å². The van der Waals surface area contributed by atoms with Crippen LogP contribution in [0.1, 0.15) is 19.8 Å². The van der Waals surface area contributed by atoms with Crippen molar-refractivity contribution in [2.24, 2.45) is 0 Å². The molecule has 0 amide bonds. The molecule has 0 aromatic heterocycles. The highest BCUT2D eigenvalue weighted by Gasteiger charge is 2.26. The Labute approximate surface area is 133 Å². The molecule has 2 rings (SSSR count). The molecule has 8 heteroatoms. The number of hydrogen-bond donors (Lipinski definition) is 2. The zero-order valence-corrected chi connectivity index (χ0v) is 14.1. The van der Waals surface area contributed by atoms with Crippen molar-refractivity contribution in [1.29, 1.82) is 0 Å². The lowest BCUT2D eigenvalue weighted by molar-refractivity contribution is 0.349. The fourth-order valence-corrected chi connectivity index (χ4v) is 4.02. The fourth-order valence-electron chi connectivity index (χ4n) is 2.12. The third-order valence-electron chi connectivity index (χ3n) is 3.27. The van der Waals surface area contributed by atoms with Crippen LogP contribution in [0, 0.1) is 5.82 Å². The Morgan fingerprint density at radius 1 is 1.45 bits per heavy atom. The lowest BCUT2D eigenvalue weighted by Gasteiger charge is -2.30. The molecule has 0 spiro atoms. The lowest BCUT2D eigenvalue weighted by atomic mass is 10.0. The summed E-state index contributed by atoms with van der Waals surface area (Å²) in [4.78, 5) is 0.0681. The number of benzene rings is 1. The van der Waals surface area contributed by atoms with Gasteiger partial charge in [-0.3, -0.25) is 0 Å². The van der Waals surface area contributed by atoms with E-state index in [1.54, 1.807) is 0 Å². The highest BCUT2D eigenvalue weighted by atomic mass is 79.9. The Bertz CT molecular complexity index is 571. The number of sulfonamides is 1. The van der Waals surface area contributed by atoms with E-state index < -0.39 is 15.8 Å². The summed E-state index contributed by atoms with van der Waals surface area (Å²) < 4.78 is 40.4. The van der Waals surface area contributed by atoms with Crippen molar-refractivity contribution in [3.05, 3.63) is 28.5 Å². The zero-order valence-electron chi connectivity index (χ0n) is 10.9. The number of hydrogen-bond acceptors (Lipinski definition) is 3. The second kappa shape index (κ2) is 7.17. The Balaban J connectivity index is 0.00000200. The van der Waals surface area contributed by atoms with Crippen molar-refractivity contribution in [1.82, 2.24) is 10.0 Å². The van der Waals surface area contributed by atoms with E-state index in [0.717, 1.165) is 25.5 Å². The van der Waals surface area contributed by atoms with Gasteiger partial charge in [0.1, 0.15) is 5.82 Å². The normalized spacial score (nSPS) is 23.1. The molecule has 1 aromatic rings. The van der Waals surface area contributed by atoms with Crippen molar-refractivity contribution in [2.75, 3.05) is 6.54 Å². The van der Waals surface area contributed by atoms with Crippen molar-refractivity contribution in [3.63, 3.8) is 0 Å². The first-order chi connectivity index (χ1) is 8.90. The molecule has 4 nitrogen and oxygen atoms in total. The average molecular weight is 388 g/mol. The van der Waals surface area contributed by atoms with Crippen LogP contribution in [-0.4, -0.2) is 27.0 Å². The van der Waals surface area contributed by atoms with Gasteiger partial charge < -0.3 is 5.32 Å². The van der Waals surface area contributed by atoms with E-state index in [0.29, 0.717) is 0 Å². The fraction of sp³-hybridized carbons (Fsp3) is 0.500. The topological polar surface area (TPSA) is 58.2 Å². The van der Waals surface area contributed by atoms with Crippen LogP contribution in [0.5, 0.6) is 0 Å². The van der Waals surface area contributed by atoms with Crippen LogP contribution in [-0.2, 0) is 10.0 Å². The summed E-state index contributed by atoms with van der Waals surface area (Å²) in [5, 5.41) is 3.23. The Hall–Kier alpha value is -0.210. The summed E-state index contributed by atoms with van der Waals surface area (Å²) in [6.45, 7) is 2.86. The molecular weight excluding hydrogens is 371 g/mol. The summed E-state index contributed by atoms with van der Waals surface area (Å²) in [5.74, 6) is -0.480. The third-order valence-corrected chi connectivity index (χ3v) is 5.36. The number of halogens is 3. The maximum Gasteiger partial charge on any atom is 0.240 e. The van der Waals surface area contributed by atoms with Crippen LogP contribution in [0.4, 0.5) is 4.39 Å². The van der Waals surface area contributed by atoms with Gasteiger partial charge in [-0.25, -0.2) is 17.5 Å². The zero-order chi connectivity index (χ0) is 14.0. The minimum Gasteiger partial charge on any atom is -0.313 e. The second-order valence-corrected chi connectivity index (χ2v) is 7.26. The third kappa shape index (κ3) is 4.14. The highest BCUT2D eigenvalue weighted by molar-refractivity contribution is 9.10. The first kappa shape index (κ1) is 17.8. The molecule has 1 aliphatic heterocycles. The first-order valence-corrected chi connectivity index (χ1v) is 8.38. The summed E-state index contributed by atoms with van der Waals surface area (Å²) >= 11 is 3.00. The molecule has 1 saturated heterocycles. The molecule has 0 bridgehead atoms. The summed E-state index contributed by atoms with van der Waals surface area (Å²) in [5.41, 5.74) is 0. The maximum absolute atomic E-state index is 13.1. The molecule has 20 heavy (non-hydrogen) atoms. The Kier molecular flexibility index (Phi) is 6.40. The SMILES string of the molecule is CC1NCCCC1NS(=O)(=O)c1ccc(F)c(Br)c1.Cl. The van der Waals surface area contributed by atoms with Gasteiger partial charge in [0.2, 0.25) is 10.0 Å². The molecular formula is C12H17BrClFN2O2S. The van der Waals surface area contributed by atoms with Gasteiger partial charge in [0.25, 0.3) is 0 Å². The van der Waals surface area contributed by atoms with Crippen LogP contribution in [0.15, 0.2) is 27.6 Å². The maximum atomic E-state index is 13.1. The van der Waals surface area contributed by atoms with Crippen molar-refractivity contribution < 1.29 is 12.8 Å². The van der Waals surface area contributed by atoms with Gasteiger partial charge in [0.05, 0.1) is 9.37 Å². The molecule has 1 fully saturated rings. The van der Waals surface area contributed by atoms with E-state index in [1.807, 2.05) is 6.92 Å². The average Bonchev–Trinajstić information content (AvgIpc) is 2.35. The van der Waals surface area contributed by atoms with E-state index in [9.17, 15) is 12.8 Å². The van der Waals surface area contributed by atoms with Crippen LogP contribution in [0.2, 0.25) is 0 Å². The Morgan fingerprint density at radius 3 is 2.75 bits per heavy atom.